The first-order valence-corrected chi connectivity index (χ1v) is 12.4. The minimum absolute atomic E-state index is 0.237. The van der Waals surface area contributed by atoms with Gasteiger partial charge in [-0.25, -0.2) is 9.38 Å². The molecule has 0 saturated carbocycles. The summed E-state index contributed by atoms with van der Waals surface area (Å²) >= 11 is 0. The van der Waals surface area contributed by atoms with Crippen LogP contribution in [0, 0.1) is 11.7 Å². The molecule has 2 aliphatic rings. The number of aromatic nitrogens is 3. The molecule has 0 spiro atoms. The van der Waals surface area contributed by atoms with Crippen LogP contribution in [0.25, 0.3) is 0 Å². The van der Waals surface area contributed by atoms with Gasteiger partial charge >= 0.3 is 0 Å². The summed E-state index contributed by atoms with van der Waals surface area (Å²) in [6, 6.07) is 10.2. The van der Waals surface area contributed by atoms with Gasteiger partial charge in [-0.3, -0.25) is 4.99 Å². The van der Waals surface area contributed by atoms with E-state index in [0.29, 0.717) is 30.8 Å². The average Bonchev–Trinajstić information content (AvgIpc) is 3.36. The van der Waals surface area contributed by atoms with Gasteiger partial charge in [0.15, 0.2) is 0 Å². The molecule has 0 bridgehead atoms. The molecule has 1 atom stereocenters. The second kappa shape index (κ2) is 10.9. The third-order valence-electron chi connectivity index (χ3n) is 6.59. The fourth-order valence-corrected chi connectivity index (χ4v) is 4.26. The van der Waals surface area contributed by atoms with E-state index >= 15 is 0 Å². The predicted octanol–water partition coefficient (Wildman–Crippen LogP) is 3.96. The van der Waals surface area contributed by atoms with Crippen LogP contribution in [0.4, 0.5) is 22.2 Å². The molecule has 1 N–H and O–H groups in total. The lowest BCUT2D eigenvalue weighted by molar-refractivity contribution is 0.311. The van der Waals surface area contributed by atoms with Gasteiger partial charge in [0.2, 0.25) is 11.9 Å². The van der Waals surface area contributed by atoms with Crippen LogP contribution in [0.2, 0.25) is 0 Å². The monoisotopic (exact) mass is 490 g/mol. The summed E-state index contributed by atoms with van der Waals surface area (Å²) in [4.78, 5) is 28.2. The number of aliphatic imine (C=N–C) groups is 2. The Morgan fingerprint density at radius 1 is 1.08 bits per heavy atom. The van der Waals surface area contributed by atoms with Crippen LogP contribution >= 0.6 is 0 Å². The van der Waals surface area contributed by atoms with E-state index in [1.807, 2.05) is 12.1 Å². The SMILES string of the molecule is CC1CCN=C(c2ccco2)CC1=Nc1nc(NCc2ccc(F)cc2)nc(N2CCN(C)CC2)n1. The standard InChI is InChI=1S/C26H31FN8O/c1-18-9-10-28-22(23-4-3-15-36-23)16-21(18)30-25-31-24(29-17-19-5-7-20(27)8-6-19)32-26(33-25)35-13-11-34(2)12-14-35/h3-8,15,18H,9-14,16-17H2,1-2H3,(H,29,31,32,33). The third kappa shape index (κ3) is 5.93. The van der Waals surface area contributed by atoms with Crippen LogP contribution in [0.1, 0.15) is 31.1 Å². The first-order valence-electron chi connectivity index (χ1n) is 12.4. The molecule has 9 nitrogen and oxygen atoms in total. The van der Waals surface area contributed by atoms with Crippen molar-refractivity contribution in [2.24, 2.45) is 15.9 Å². The normalized spacial score (nSPS) is 20.3. The quantitative estimate of drug-likeness (QED) is 0.559. The van der Waals surface area contributed by atoms with E-state index in [2.05, 4.69) is 34.1 Å². The molecule has 1 unspecified atom stereocenters. The average molecular weight is 491 g/mol. The van der Waals surface area contributed by atoms with Crippen molar-refractivity contribution in [1.82, 2.24) is 19.9 Å². The number of likely N-dealkylation sites (N-methyl/N-ethyl adjacent to an activating group) is 1. The molecular formula is C26H31FN8O. The lowest BCUT2D eigenvalue weighted by Gasteiger charge is -2.32. The van der Waals surface area contributed by atoms with Gasteiger partial charge in [0.05, 0.1) is 12.0 Å². The van der Waals surface area contributed by atoms with Crippen LogP contribution in [-0.2, 0) is 6.54 Å². The van der Waals surface area contributed by atoms with Crippen molar-refractivity contribution in [3.8, 4) is 0 Å². The molecule has 1 saturated heterocycles. The number of rotatable bonds is 6. The lowest BCUT2D eigenvalue weighted by Crippen LogP contribution is -2.45. The summed E-state index contributed by atoms with van der Waals surface area (Å²) in [5.74, 6) is 2.18. The topological polar surface area (TPSA) is 95.0 Å². The molecule has 0 aliphatic carbocycles. The fraction of sp³-hybridized carbons (Fsp3) is 0.423. The van der Waals surface area contributed by atoms with Crippen LogP contribution in [-0.4, -0.2) is 71.0 Å². The second-order valence-corrected chi connectivity index (χ2v) is 9.30. The van der Waals surface area contributed by atoms with Crippen LogP contribution < -0.4 is 10.2 Å². The van der Waals surface area contributed by atoms with Crippen molar-refractivity contribution in [2.45, 2.75) is 26.3 Å². The Bertz CT molecular complexity index is 1220. The molecule has 5 rings (SSSR count). The van der Waals surface area contributed by atoms with E-state index in [4.69, 9.17) is 24.4 Å². The molecule has 1 aromatic carbocycles. The molecule has 0 radical (unpaired) electrons. The third-order valence-corrected chi connectivity index (χ3v) is 6.59. The summed E-state index contributed by atoms with van der Waals surface area (Å²) in [5, 5.41) is 3.27. The molecular weight excluding hydrogens is 459 g/mol. The molecule has 188 valence electrons. The first kappa shape index (κ1) is 24.1. The van der Waals surface area contributed by atoms with E-state index in [-0.39, 0.29) is 11.7 Å². The fourth-order valence-electron chi connectivity index (χ4n) is 4.26. The van der Waals surface area contributed by atoms with Crippen molar-refractivity contribution in [2.75, 3.05) is 50.0 Å². The van der Waals surface area contributed by atoms with E-state index < -0.39 is 0 Å². The number of nitrogens with one attached hydrogen (secondary N) is 1. The van der Waals surface area contributed by atoms with Crippen LogP contribution in [0.15, 0.2) is 57.1 Å². The number of anilines is 2. The van der Waals surface area contributed by atoms with Gasteiger partial charge in [-0.1, -0.05) is 19.1 Å². The maximum Gasteiger partial charge on any atom is 0.255 e. The Balaban J connectivity index is 1.43. The van der Waals surface area contributed by atoms with E-state index in [1.165, 1.54) is 12.1 Å². The number of nitrogens with zero attached hydrogens (tertiary/aromatic N) is 7. The molecule has 10 heteroatoms. The van der Waals surface area contributed by atoms with E-state index in [9.17, 15) is 4.39 Å². The minimum Gasteiger partial charge on any atom is -0.463 e. The summed E-state index contributed by atoms with van der Waals surface area (Å²) in [6.07, 6.45) is 3.15. The lowest BCUT2D eigenvalue weighted by atomic mass is 9.98. The molecule has 3 aromatic rings. The Morgan fingerprint density at radius 3 is 2.64 bits per heavy atom. The van der Waals surface area contributed by atoms with Gasteiger partial charge in [-0.05, 0) is 49.2 Å². The minimum atomic E-state index is -0.260. The number of furan rings is 1. The molecule has 0 amide bonds. The summed E-state index contributed by atoms with van der Waals surface area (Å²) in [7, 11) is 2.11. The number of hydrogen-bond donors (Lipinski definition) is 1. The highest BCUT2D eigenvalue weighted by Crippen LogP contribution is 2.23. The highest BCUT2D eigenvalue weighted by atomic mass is 19.1. The van der Waals surface area contributed by atoms with E-state index in [0.717, 1.165) is 61.9 Å². The van der Waals surface area contributed by atoms with Gasteiger partial charge in [0.25, 0.3) is 5.95 Å². The zero-order valence-corrected chi connectivity index (χ0v) is 20.7. The number of halogens is 1. The number of benzene rings is 1. The van der Waals surface area contributed by atoms with Gasteiger partial charge in [-0.2, -0.15) is 15.0 Å². The van der Waals surface area contributed by atoms with Crippen LogP contribution in [0.5, 0.6) is 0 Å². The Labute approximate surface area is 210 Å². The van der Waals surface area contributed by atoms with Crippen molar-refractivity contribution in [3.63, 3.8) is 0 Å². The zero-order chi connectivity index (χ0) is 24.9. The van der Waals surface area contributed by atoms with Gasteiger partial charge in [0.1, 0.15) is 11.6 Å². The molecule has 1 fully saturated rings. The van der Waals surface area contributed by atoms with Gasteiger partial charge in [0, 0.05) is 51.4 Å². The smallest absolute Gasteiger partial charge is 0.255 e. The molecule has 2 aliphatic heterocycles. The molecule has 4 heterocycles. The zero-order valence-electron chi connectivity index (χ0n) is 20.7. The number of hydrogen-bond acceptors (Lipinski definition) is 9. The van der Waals surface area contributed by atoms with Crippen molar-refractivity contribution < 1.29 is 8.81 Å². The van der Waals surface area contributed by atoms with Gasteiger partial charge < -0.3 is 19.5 Å². The predicted molar refractivity (Wildman–Crippen MR) is 139 cm³/mol. The maximum absolute atomic E-state index is 13.3. The highest BCUT2D eigenvalue weighted by Gasteiger charge is 2.22. The molecule has 36 heavy (non-hydrogen) atoms. The maximum atomic E-state index is 13.3. The Kier molecular flexibility index (Phi) is 7.31. The summed E-state index contributed by atoms with van der Waals surface area (Å²) in [5.41, 5.74) is 2.80. The largest absolute Gasteiger partial charge is 0.463 e. The molecule has 2 aromatic heterocycles. The van der Waals surface area contributed by atoms with Gasteiger partial charge in [-0.15, -0.1) is 0 Å². The van der Waals surface area contributed by atoms with Crippen molar-refractivity contribution in [3.05, 3.63) is 59.8 Å². The highest BCUT2D eigenvalue weighted by molar-refractivity contribution is 6.12. The Morgan fingerprint density at radius 2 is 1.89 bits per heavy atom. The van der Waals surface area contributed by atoms with Crippen molar-refractivity contribution in [1.29, 1.82) is 0 Å². The van der Waals surface area contributed by atoms with Crippen molar-refractivity contribution >= 4 is 29.3 Å². The number of piperazine rings is 1. The second-order valence-electron chi connectivity index (χ2n) is 9.30. The Hall–Kier alpha value is -3.66. The summed E-state index contributed by atoms with van der Waals surface area (Å²) in [6.45, 7) is 6.90. The first-order chi connectivity index (χ1) is 17.5. The van der Waals surface area contributed by atoms with E-state index in [1.54, 1.807) is 18.4 Å². The summed E-state index contributed by atoms with van der Waals surface area (Å²) < 4.78 is 18.9. The van der Waals surface area contributed by atoms with Crippen LogP contribution in [0.3, 0.4) is 0 Å².